The topological polar surface area (TPSA) is 65.0 Å². The molecule has 0 radical (unpaired) electrons. The molecule has 25 heavy (non-hydrogen) atoms. The summed E-state index contributed by atoms with van der Waals surface area (Å²) in [7, 11) is 4.42. The van der Waals surface area contributed by atoms with E-state index < -0.39 is 11.8 Å². The van der Waals surface area contributed by atoms with Gasteiger partial charge in [0.2, 0.25) is 0 Å². The third-order valence-corrected chi connectivity index (χ3v) is 4.02. The molecule has 6 heteroatoms. The Bertz CT molecular complexity index is 773. The van der Waals surface area contributed by atoms with Gasteiger partial charge in [0.1, 0.15) is 11.6 Å². The van der Waals surface area contributed by atoms with Crippen molar-refractivity contribution in [1.29, 1.82) is 0 Å². The Kier molecular flexibility index (Phi) is 5.85. The van der Waals surface area contributed by atoms with Crippen molar-refractivity contribution in [3.05, 3.63) is 41.7 Å². The van der Waals surface area contributed by atoms with Crippen molar-refractivity contribution in [3.63, 3.8) is 0 Å². The van der Waals surface area contributed by atoms with E-state index in [-0.39, 0.29) is 12.3 Å². The lowest BCUT2D eigenvalue weighted by molar-refractivity contribution is -0.137. The van der Waals surface area contributed by atoms with Gasteiger partial charge in [0.25, 0.3) is 0 Å². The van der Waals surface area contributed by atoms with Gasteiger partial charge in [0.05, 0.1) is 27.8 Å². The van der Waals surface area contributed by atoms with E-state index in [1.165, 1.54) is 27.4 Å². The first-order valence-electron chi connectivity index (χ1n) is 7.72. The van der Waals surface area contributed by atoms with Gasteiger partial charge in [-0.25, -0.2) is 4.39 Å². The maximum atomic E-state index is 14.5. The van der Waals surface area contributed by atoms with Gasteiger partial charge in [-0.3, -0.25) is 4.79 Å². The Hall–Kier alpha value is -2.76. The second-order valence-corrected chi connectivity index (χ2v) is 5.65. The van der Waals surface area contributed by atoms with Gasteiger partial charge in [0.15, 0.2) is 11.5 Å². The summed E-state index contributed by atoms with van der Waals surface area (Å²) in [6.45, 7) is 1.80. The maximum absolute atomic E-state index is 14.5. The molecule has 0 spiro atoms. The number of hydrogen-bond donors (Lipinski definition) is 1. The van der Waals surface area contributed by atoms with Gasteiger partial charge in [-0.1, -0.05) is 6.92 Å². The molecule has 134 valence electrons. The molecule has 0 aliphatic rings. The third-order valence-electron chi connectivity index (χ3n) is 4.02. The number of hydrogen-bond acceptors (Lipinski definition) is 4. The smallest absolute Gasteiger partial charge is 0.303 e. The van der Waals surface area contributed by atoms with Crippen LogP contribution in [0.2, 0.25) is 0 Å². The molecule has 0 fully saturated rings. The predicted molar refractivity (Wildman–Crippen MR) is 92.2 cm³/mol. The Morgan fingerprint density at radius 2 is 1.80 bits per heavy atom. The lowest BCUT2D eigenvalue weighted by atomic mass is 9.92. The number of ether oxygens (including phenoxy) is 3. The van der Waals surface area contributed by atoms with Crippen molar-refractivity contribution >= 4 is 5.97 Å². The summed E-state index contributed by atoms with van der Waals surface area (Å²) in [6.07, 6.45) is -0.0416. The number of halogens is 1. The quantitative estimate of drug-likeness (QED) is 0.816. The largest absolute Gasteiger partial charge is 0.497 e. The first-order valence-corrected chi connectivity index (χ1v) is 7.72. The first-order chi connectivity index (χ1) is 11.9. The number of carbonyl (C=O) groups is 1. The van der Waals surface area contributed by atoms with Crippen LogP contribution in [-0.4, -0.2) is 32.4 Å². The third kappa shape index (κ3) is 4.02. The monoisotopic (exact) mass is 348 g/mol. The molecule has 2 aromatic rings. The normalized spacial score (nSPS) is 11.7. The molecule has 1 N–H and O–H groups in total. The molecule has 5 nitrogen and oxygen atoms in total. The van der Waals surface area contributed by atoms with Gasteiger partial charge in [0, 0.05) is 17.2 Å². The van der Waals surface area contributed by atoms with Gasteiger partial charge >= 0.3 is 5.97 Å². The van der Waals surface area contributed by atoms with Crippen LogP contribution >= 0.6 is 0 Å². The van der Waals surface area contributed by atoms with Crippen molar-refractivity contribution in [2.75, 3.05) is 21.3 Å². The fourth-order valence-electron chi connectivity index (χ4n) is 2.69. The number of rotatable bonds is 7. The summed E-state index contributed by atoms with van der Waals surface area (Å²) < 4.78 is 30.3. The number of benzene rings is 2. The highest BCUT2D eigenvalue weighted by molar-refractivity contribution is 5.76. The molecule has 2 aromatic carbocycles. The molecule has 0 saturated carbocycles. The van der Waals surface area contributed by atoms with Crippen LogP contribution in [0, 0.1) is 5.82 Å². The Labute approximate surface area is 146 Å². The number of carboxylic acid groups (broad SMARTS) is 1. The number of carboxylic acids is 1. The van der Waals surface area contributed by atoms with Crippen molar-refractivity contribution < 1.29 is 28.5 Å². The molecule has 0 bridgehead atoms. The van der Waals surface area contributed by atoms with Crippen LogP contribution in [0.25, 0.3) is 11.1 Å². The molecule has 0 saturated heterocycles. The Balaban J connectivity index is 2.64. The number of aliphatic carboxylic acids is 1. The van der Waals surface area contributed by atoms with Crippen molar-refractivity contribution in [2.45, 2.75) is 19.3 Å². The molecule has 1 unspecified atom stereocenters. The molecule has 0 aliphatic heterocycles. The minimum atomic E-state index is -0.903. The highest BCUT2D eigenvalue weighted by Crippen LogP contribution is 2.42. The molecule has 1 atom stereocenters. The maximum Gasteiger partial charge on any atom is 0.303 e. The van der Waals surface area contributed by atoms with E-state index in [0.717, 1.165) is 5.56 Å². The average molecular weight is 348 g/mol. The minimum absolute atomic E-state index is 0.0416. The molecule has 0 amide bonds. The van der Waals surface area contributed by atoms with Crippen LogP contribution in [0.3, 0.4) is 0 Å². The molecule has 2 rings (SSSR count). The molecule has 0 heterocycles. The van der Waals surface area contributed by atoms with Crippen LogP contribution in [0.5, 0.6) is 17.2 Å². The lowest BCUT2D eigenvalue weighted by Crippen LogP contribution is -2.04. The summed E-state index contributed by atoms with van der Waals surface area (Å²) >= 11 is 0. The summed E-state index contributed by atoms with van der Waals surface area (Å²) in [5.74, 6) is -0.428. The Morgan fingerprint density at radius 3 is 2.32 bits per heavy atom. The average Bonchev–Trinajstić information content (AvgIpc) is 2.59. The van der Waals surface area contributed by atoms with Gasteiger partial charge in [-0.2, -0.15) is 0 Å². The molecular formula is C19H21FO5. The van der Waals surface area contributed by atoms with Crippen LogP contribution in [-0.2, 0) is 4.79 Å². The lowest BCUT2D eigenvalue weighted by Gasteiger charge is -2.18. The molecular weight excluding hydrogens is 327 g/mol. The van der Waals surface area contributed by atoms with Gasteiger partial charge in [-0.05, 0) is 35.7 Å². The van der Waals surface area contributed by atoms with E-state index in [1.807, 2.05) is 0 Å². The van der Waals surface area contributed by atoms with E-state index in [9.17, 15) is 9.18 Å². The fraction of sp³-hybridized carbons (Fsp3) is 0.316. The van der Waals surface area contributed by atoms with Crippen molar-refractivity contribution in [3.8, 4) is 28.4 Å². The number of methoxy groups -OCH3 is 3. The Morgan fingerprint density at radius 1 is 1.08 bits per heavy atom. The zero-order valence-electron chi connectivity index (χ0n) is 14.6. The predicted octanol–water partition coefficient (Wildman–Crippen LogP) is 4.10. The van der Waals surface area contributed by atoms with Crippen LogP contribution in [0.15, 0.2) is 30.3 Å². The molecule has 0 aliphatic carbocycles. The summed E-state index contributed by atoms with van der Waals surface area (Å²) in [5.41, 5.74) is 1.54. The van der Waals surface area contributed by atoms with Crippen molar-refractivity contribution in [2.24, 2.45) is 0 Å². The van der Waals surface area contributed by atoms with E-state index in [2.05, 4.69) is 0 Å². The van der Waals surface area contributed by atoms with E-state index in [1.54, 1.807) is 31.2 Å². The van der Waals surface area contributed by atoms with Gasteiger partial charge < -0.3 is 19.3 Å². The minimum Gasteiger partial charge on any atom is -0.497 e. The summed E-state index contributed by atoms with van der Waals surface area (Å²) in [6, 6.07) is 7.99. The fourth-order valence-corrected chi connectivity index (χ4v) is 2.69. The van der Waals surface area contributed by atoms with Crippen LogP contribution in [0.1, 0.15) is 24.8 Å². The second-order valence-electron chi connectivity index (χ2n) is 5.65. The highest BCUT2D eigenvalue weighted by atomic mass is 19.1. The zero-order chi connectivity index (χ0) is 18.6. The molecule has 0 aromatic heterocycles. The van der Waals surface area contributed by atoms with Crippen molar-refractivity contribution in [1.82, 2.24) is 0 Å². The summed E-state index contributed by atoms with van der Waals surface area (Å²) in [4.78, 5) is 11.0. The first kappa shape index (κ1) is 18.6. The van der Waals surface area contributed by atoms with E-state index >= 15 is 0 Å². The van der Waals surface area contributed by atoms with E-state index in [4.69, 9.17) is 19.3 Å². The van der Waals surface area contributed by atoms with Crippen LogP contribution in [0.4, 0.5) is 4.39 Å². The second kappa shape index (κ2) is 7.88. The SMILES string of the molecule is COc1ccc(-c2cc(C(C)CC(=O)O)cc(OC)c2OC)c(F)c1. The zero-order valence-corrected chi connectivity index (χ0v) is 14.6. The summed E-state index contributed by atoms with van der Waals surface area (Å²) in [5, 5.41) is 9.03. The van der Waals surface area contributed by atoms with Crippen LogP contribution < -0.4 is 14.2 Å². The van der Waals surface area contributed by atoms with Gasteiger partial charge in [-0.15, -0.1) is 0 Å². The standard InChI is InChI=1S/C19H21FO5/c1-11(7-18(21)22)12-8-15(19(25-4)17(9-12)24-3)14-6-5-13(23-2)10-16(14)20/h5-6,8-11H,7H2,1-4H3,(H,21,22). The highest BCUT2D eigenvalue weighted by Gasteiger charge is 2.20. The van der Waals surface area contributed by atoms with E-state index in [0.29, 0.717) is 28.4 Å².